The number of carboxylic acid groups (broad SMARTS) is 1. The lowest BCUT2D eigenvalue weighted by Gasteiger charge is -2.17. The number of carbonyl (C=O) groups excluding carboxylic acids is 1. The fourth-order valence-electron chi connectivity index (χ4n) is 1.45. The third-order valence-electron chi connectivity index (χ3n) is 2.46. The lowest BCUT2D eigenvalue weighted by molar-refractivity contribution is -0.139. The highest BCUT2D eigenvalue weighted by atomic mass is 32.2. The number of amides is 2. The minimum atomic E-state index is -0.985. The molecule has 6 heteroatoms. The molecule has 0 aromatic rings. The number of aliphatic carboxylic acids is 1. The van der Waals surface area contributed by atoms with Gasteiger partial charge in [-0.15, -0.1) is 0 Å². The minimum absolute atomic E-state index is 0.0557. The van der Waals surface area contributed by atoms with Crippen LogP contribution in [0.5, 0.6) is 0 Å². The molecule has 0 heterocycles. The van der Waals surface area contributed by atoms with E-state index in [9.17, 15) is 9.59 Å². The van der Waals surface area contributed by atoms with Crippen molar-refractivity contribution in [3.8, 4) is 0 Å². The van der Waals surface area contributed by atoms with E-state index >= 15 is 0 Å². The summed E-state index contributed by atoms with van der Waals surface area (Å²) >= 11 is 1.82. The maximum absolute atomic E-state index is 11.6. The highest BCUT2D eigenvalue weighted by Gasteiger charge is 2.19. The fraction of sp³-hybridized carbons (Fsp3) is 0.833. The zero-order valence-electron chi connectivity index (χ0n) is 11.4. The largest absolute Gasteiger partial charge is 0.480 e. The second-order valence-electron chi connectivity index (χ2n) is 4.18. The molecule has 0 fully saturated rings. The number of thioether (sulfide) groups is 1. The summed E-state index contributed by atoms with van der Waals surface area (Å²) in [6, 6.07) is -1.14. The summed E-state index contributed by atoms with van der Waals surface area (Å²) in [4.78, 5) is 22.5. The topological polar surface area (TPSA) is 78.4 Å². The molecule has 0 bridgehead atoms. The first-order valence-corrected chi connectivity index (χ1v) is 7.54. The number of hydrogen-bond acceptors (Lipinski definition) is 3. The predicted octanol–water partition coefficient (Wildman–Crippen LogP) is 2.07. The summed E-state index contributed by atoms with van der Waals surface area (Å²) in [6.07, 6.45) is 2.06. The molecule has 0 radical (unpaired) electrons. The Kier molecular flexibility index (Phi) is 9.55. The first-order valence-electron chi connectivity index (χ1n) is 6.38. The van der Waals surface area contributed by atoms with Crippen molar-refractivity contribution in [1.29, 1.82) is 0 Å². The van der Waals surface area contributed by atoms with Crippen molar-refractivity contribution < 1.29 is 14.7 Å². The van der Waals surface area contributed by atoms with Crippen LogP contribution < -0.4 is 10.6 Å². The van der Waals surface area contributed by atoms with Gasteiger partial charge in [0.1, 0.15) is 6.04 Å². The molecule has 0 saturated heterocycles. The van der Waals surface area contributed by atoms with Gasteiger partial charge >= 0.3 is 12.0 Å². The van der Waals surface area contributed by atoms with E-state index < -0.39 is 18.0 Å². The average Bonchev–Trinajstić information content (AvgIpc) is 2.28. The molecule has 0 aromatic carbocycles. The number of urea groups is 1. The van der Waals surface area contributed by atoms with Gasteiger partial charge in [0.05, 0.1) is 0 Å². The van der Waals surface area contributed by atoms with E-state index in [4.69, 9.17) is 5.11 Å². The Morgan fingerprint density at radius 1 is 1.22 bits per heavy atom. The Labute approximate surface area is 113 Å². The molecular formula is C12H24N2O3S. The molecule has 0 rings (SSSR count). The van der Waals surface area contributed by atoms with Gasteiger partial charge in [-0.1, -0.05) is 20.3 Å². The first-order chi connectivity index (χ1) is 8.51. The Balaban J connectivity index is 3.96. The van der Waals surface area contributed by atoms with Crippen LogP contribution in [0.2, 0.25) is 0 Å². The SMILES string of the molecule is CCC[C@H](NC(=O)NC(C)CCSCC)C(=O)O. The van der Waals surface area contributed by atoms with E-state index in [1.807, 2.05) is 25.6 Å². The van der Waals surface area contributed by atoms with Gasteiger partial charge < -0.3 is 15.7 Å². The second kappa shape index (κ2) is 10.1. The van der Waals surface area contributed by atoms with Gasteiger partial charge in [0.2, 0.25) is 0 Å². The Bertz CT molecular complexity index is 262. The number of hydrogen-bond donors (Lipinski definition) is 3. The van der Waals surface area contributed by atoms with E-state index in [1.54, 1.807) is 0 Å². The number of rotatable bonds is 9. The van der Waals surface area contributed by atoms with Crippen LogP contribution in [0.3, 0.4) is 0 Å². The van der Waals surface area contributed by atoms with Gasteiger partial charge in [0.25, 0.3) is 0 Å². The van der Waals surface area contributed by atoms with E-state index in [2.05, 4.69) is 17.6 Å². The zero-order chi connectivity index (χ0) is 14.0. The Hall–Kier alpha value is -0.910. The summed E-state index contributed by atoms with van der Waals surface area (Å²) in [7, 11) is 0. The minimum Gasteiger partial charge on any atom is -0.480 e. The summed E-state index contributed by atoms with van der Waals surface area (Å²) < 4.78 is 0. The summed E-state index contributed by atoms with van der Waals surface area (Å²) in [5.74, 6) is 1.08. The van der Waals surface area contributed by atoms with E-state index in [0.717, 1.165) is 24.3 Å². The smallest absolute Gasteiger partial charge is 0.326 e. The van der Waals surface area contributed by atoms with Crippen molar-refractivity contribution in [1.82, 2.24) is 10.6 Å². The second-order valence-corrected chi connectivity index (χ2v) is 5.58. The molecule has 5 nitrogen and oxygen atoms in total. The zero-order valence-corrected chi connectivity index (χ0v) is 12.2. The average molecular weight is 276 g/mol. The molecule has 0 aliphatic rings. The molecule has 0 aromatic heterocycles. The summed E-state index contributed by atoms with van der Waals surface area (Å²) in [6.45, 7) is 5.91. The summed E-state index contributed by atoms with van der Waals surface area (Å²) in [5, 5.41) is 14.2. The molecule has 106 valence electrons. The van der Waals surface area contributed by atoms with E-state index in [0.29, 0.717) is 6.42 Å². The monoisotopic (exact) mass is 276 g/mol. The van der Waals surface area contributed by atoms with Gasteiger partial charge in [-0.05, 0) is 31.3 Å². The molecule has 1 unspecified atom stereocenters. The van der Waals surface area contributed by atoms with Crippen molar-refractivity contribution in [2.45, 2.75) is 52.1 Å². The third kappa shape index (κ3) is 8.22. The van der Waals surface area contributed by atoms with Crippen molar-refractivity contribution >= 4 is 23.8 Å². The van der Waals surface area contributed by atoms with Crippen molar-refractivity contribution in [3.63, 3.8) is 0 Å². The van der Waals surface area contributed by atoms with Crippen LogP contribution in [0.4, 0.5) is 4.79 Å². The van der Waals surface area contributed by atoms with Crippen LogP contribution >= 0.6 is 11.8 Å². The Morgan fingerprint density at radius 3 is 2.39 bits per heavy atom. The van der Waals surface area contributed by atoms with Crippen molar-refractivity contribution in [2.75, 3.05) is 11.5 Å². The van der Waals surface area contributed by atoms with Crippen LogP contribution in [-0.4, -0.2) is 40.7 Å². The molecule has 0 spiro atoms. The van der Waals surface area contributed by atoms with Crippen LogP contribution in [0.1, 0.15) is 40.0 Å². The molecule has 3 N–H and O–H groups in total. The van der Waals surface area contributed by atoms with Crippen molar-refractivity contribution in [3.05, 3.63) is 0 Å². The van der Waals surface area contributed by atoms with E-state index in [1.165, 1.54) is 0 Å². The van der Waals surface area contributed by atoms with E-state index in [-0.39, 0.29) is 6.04 Å². The fourth-order valence-corrected chi connectivity index (χ4v) is 2.26. The molecule has 0 saturated carbocycles. The molecule has 2 atom stereocenters. The van der Waals surface area contributed by atoms with Crippen LogP contribution in [0.25, 0.3) is 0 Å². The lowest BCUT2D eigenvalue weighted by Crippen LogP contribution is -2.48. The van der Waals surface area contributed by atoms with Crippen LogP contribution in [-0.2, 0) is 4.79 Å². The molecule has 0 aliphatic heterocycles. The Morgan fingerprint density at radius 2 is 1.89 bits per heavy atom. The van der Waals surface area contributed by atoms with Crippen LogP contribution in [0, 0.1) is 0 Å². The predicted molar refractivity (Wildman–Crippen MR) is 75.1 cm³/mol. The van der Waals surface area contributed by atoms with Gasteiger partial charge in [-0.3, -0.25) is 0 Å². The van der Waals surface area contributed by atoms with Crippen molar-refractivity contribution in [2.24, 2.45) is 0 Å². The van der Waals surface area contributed by atoms with Gasteiger partial charge in [0, 0.05) is 6.04 Å². The highest BCUT2D eigenvalue weighted by molar-refractivity contribution is 7.99. The quantitative estimate of drug-likeness (QED) is 0.563. The van der Waals surface area contributed by atoms with Gasteiger partial charge in [0.15, 0.2) is 0 Å². The number of nitrogens with one attached hydrogen (secondary N) is 2. The molecular weight excluding hydrogens is 252 g/mol. The number of carbonyl (C=O) groups is 2. The first kappa shape index (κ1) is 17.1. The van der Waals surface area contributed by atoms with Crippen LogP contribution in [0.15, 0.2) is 0 Å². The maximum atomic E-state index is 11.6. The normalized spacial score (nSPS) is 13.7. The van der Waals surface area contributed by atoms with Gasteiger partial charge in [-0.2, -0.15) is 11.8 Å². The standard InChI is InChI=1S/C12H24N2O3S/c1-4-6-10(11(15)16)14-12(17)13-9(3)7-8-18-5-2/h9-10H,4-8H2,1-3H3,(H,15,16)(H2,13,14,17)/t9?,10-/m0/s1. The summed E-state index contributed by atoms with van der Waals surface area (Å²) in [5.41, 5.74) is 0. The lowest BCUT2D eigenvalue weighted by atomic mass is 10.2. The third-order valence-corrected chi connectivity index (χ3v) is 3.39. The van der Waals surface area contributed by atoms with Gasteiger partial charge in [-0.25, -0.2) is 9.59 Å². The number of carboxylic acids is 1. The maximum Gasteiger partial charge on any atom is 0.326 e. The molecule has 18 heavy (non-hydrogen) atoms. The highest BCUT2D eigenvalue weighted by Crippen LogP contribution is 2.03. The molecule has 0 aliphatic carbocycles. The molecule has 2 amide bonds.